The summed E-state index contributed by atoms with van der Waals surface area (Å²) in [5.41, 5.74) is 3.35. The largest absolute Gasteiger partial charge is 0.286 e. The van der Waals surface area contributed by atoms with Crippen LogP contribution in [-0.4, -0.2) is 14.6 Å². The van der Waals surface area contributed by atoms with Crippen molar-refractivity contribution in [3.63, 3.8) is 0 Å². The summed E-state index contributed by atoms with van der Waals surface area (Å²) in [6.45, 7) is 2.05. The third kappa shape index (κ3) is 1.80. The van der Waals surface area contributed by atoms with Gasteiger partial charge in [-0.25, -0.2) is 0 Å². The normalized spacial score (nSPS) is 10.9. The van der Waals surface area contributed by atoms with Crippen LogP contribution in [-0.2, 0) is 6.42 Å². The van der Waals surface area contributed by atoms with Crippen molar-refractivity contribution in [2.45, 2.75) is 13.3 Å². The fourth-order valence-electron chi connectivity index (χ4n) is 2.00. The van der Waals surface area contributed by atoms with Crippen LogP contribution < -0.4 is 0 Å². The van der Waals surface area contributed by atoms with Crippen molar-refractivity contribution in [2.24, 2.45) is 0 Å². The molecule has 0 aliphatic carbocycles. The van der Waals surface area contributed by atoms with E-state index >= 15 is 0 Å². The average molecular weight is 223 g/mol. The molecule has 0 radical (unpaired) electrons. The van der Waals surface area contributed by atoms with Gasteiger partial charge in [0, 0.05) is 12.6 Å². The van der Waals surface area contributed by atoms with E-state index in [0.717, 1.165) is 23.5 Å². The van der Waals surface area contributed by atoms with Gasteiger partial charge < -0.3 is 0 Å². The Balaban J connectivity index is 2.05. The van der Waals surface area contributed by atoms with E-state index in [2.05, 4.69) is 39.7 Å². The van der Waals surface area contributed by atoms with Crippen molar-refractivity contribution in [2.75, 3.05) is 0 Å². The molecule has 0 fully saturated rings. The van der Waals surface area contributed by atoms with Gasteiger partial charge in [0.1, 0.15) is 5.82 Å². The molecule has 0 bridgehead atoms. The summed E-state index contributed by atoms with van der Waals surface area (Å²) in [4.78, 5) is 0. The number of hydrogen-bond acceptors (Lipinski definition) is 2. The van der Waals surface area contributed by atoms with Crippen LogP contribution in [0.15, 0.2) is 48.7 Å². The molecular weight excluding hydrogens is 210 g/mol. The highest BCUT2D eigenvalue weighted by Gasteiger charge is 2.06. The fourth-order valence-corrected chi connectivity index (χ4v) is 2.00. The summed E-state index contributed by atoms with van der Waals surface area (Å²) in [6.07, 6.45) is 2.83. The van der Waals surface area contributed by atoms with Crippen LogP contribution in [0, 0.1) is 6.92 Å². The molecule has 0 spiro atoms. The Morgan fingerprint density at radius 1 is 1.00 bits per heavy atom. The SMILES string of the molecule is Cc1cccn2c(Cc3ccccc3)nnc12. The van der Waals surface area contributed by atoms with Crippen LogP contribution in [0.3, 0.4) is 0 Å². The molecule has 0 saturated heterocycles. The Kier molecular flexibility index (Phi) is 2.37. The maximum absolute atomic E-state index is 4.26. The zero-order valence-electron chi connectivity index (χ0n) is 9.67. The maximum atomic E-state index is 4.26. The van der Waals surface area contributed by atoms with E-state index in [1.54, 1.807) is 0 Å². The van der Waals surface area contributed by atoms with Gasteiger partial charge in [-0.05, 0) is 24.1 Å². The minimum Gasteiger partial charge on any atom is -0.286 e. The molecule has 17 heavy (non-hydrogen) atoms. The second kappa shape index (κ2) is 4.01. The molecule has 0 aliphatic heterocycles. The maximum Gasteiger partial charge on any atom is 0.163 e. The number of nitrogens with zero attached hydrogens (tertiary/aromatic N) is 3. The summed E-state index contributed by atoms with van der Waals surface area (Å²) < 4.78 is 2.06. The van der Waals surface area contributed by atoms with Gasteiger partial charge >= 0.3 is 0 Å². The third-order valence-electron chi connectivity index (χ3n) is 2.91. The Hall–Kier alpha value is -2.16. The highest BCUT2D eigenvalue weighted by molar-refractivity contribution is 5.46. The minimum atomic E-state index is 0.811. The van der Waals surface area contributed by atoms with Gasteiger partial charge in [0.05, 0.1) is 0 Å². The summed E-state index contributed by atoms with van der Waals surface area (Å²) >= 11 is 0. The van der Waals surface area contributed by atoms with Gasteiger partial charge in [-0.2, -0.15) is 0 Å². The molecule has 0 aliphatic rings. The number of hydrogen-bond donors (Lipinski definition) is 0. The molecule has 2 heterocycles. The van der Waals surface area contributed by atoms with E-state index in [9.17, 15) is 0 Å². The number of rotatable bonds is 2. The zero-order chi connectivity index (χ0) is 11.7. The van der Waals surface area contributed by atoms with E-state index in [1.165, 1.54) is 5.56 Å². The molecule has 0 atom stereocenters. The smallest absolute Gasteiger partial charge is 0.163 e. The molecule has 1 aromatic carbocycles. The highest BCUT2D eigenvalue weighted by Crippen LogP contribution is 2.12. The van der Waals surface area contributed by atoms with Gasteiger partial charge in [0.15, 0.2) is 5.65 Å². The number of aromatic nitrogens is 3. The lowest BCUT2D eigenvalue weighted by Crippen LogP contribution is -1.96. The molecule has 3 heteroatoms. The van der Waals surface area contributed by atoms with E-state index in [4.69, 9.17) is 0 Å². The molecule has 84 valence electrons. The molecule has 3 aromatic rings. The Labute approximate surface area is 99.7 Å². The summed E-state index contributed by atoms with van der Waals surface area (Å²) in [5.74, 6) is 0.981. The second-order valence-electron chi connectivity index (χ2n) is 4.16. The van der Waals surface area contributed by atoms with Crippen LogP contribution in [0.2, 0.25) is 0 Å². The molecule has 3 nitrogen and oxygen atoms in total. The number of benzene rings is 1. The van der Waals surface area contributed by atoms with Crippen LogP contribution in [0.4, 0.5) is 0 Å². The van der Waals surface area contributed by atoms with Gasteiger partial charge in [0.2, 0.25) is 0 Å². The standard InChI is InChI=1S/C14H13N3/c1-11-6-5-9-17-13(15-16-14(11)17)10-12-7-3-2-4-8-12/h2-9H,10H2,1H3. The molecular formula is C14H13N3. The molecule has 0 unspecified atom stereocenters. The zero-order valence-corrected chi connectivity index (χ0v) is 9.67. The average Bonchev–Trinajstić information content (AvgIpc) is 2.76. The third-order valence-corrected chi connectivity index (χ3v) is 2.91. The quantitative estimate of drug-likeness (QED) is 0.668. The van der Waals surface area contributed by atoms with Crippen LogP contribution in [0.5, 0.6) is 0 Å². The first-order chi connectivity index (χ1) is 8.34. The number of aryl methyl sites for hydroxylation is 1. The van der Waals surface area contributed by atoms with Gasteiger partial charge in [-0.15, -0.1) is 10.2 Å². The van der Waals surface area contributed by atoms with Gasteiger partial charge in [-0.3, -0.25) is 4.40 Å². The van der Waals surface area contributed by atoms with Crippen molar-refractivity contribution < 1.29 is 0 Å². The Morgan fingerprint density at radius 3 is 2.65 bits per heavy atom. The van der Waals surface area contributed by atoms with Crippen molar-refractivity contribution in [1.29, 1.82) is 0 Å². The van der Waals surface area contributed by atoms with E-state index in [-0.39, 0.29) is 0 Å². The lowest BCUT2D eigenvalue weighted by molar-refractivity contribution is 0.934. The van der Waals surface area contributed by atoms with Crippen LogP contribution in [0.1, 0.15) is 17.0 Å². The predicted octanol–water partition coefficient (Wildman–Crippen LogP) is 2.63. The predicted molar refractivity (Wildman–Crippen MR) is 67.0 cm³/mol. The van der Waals surface area contributed by atoms with Gasteiger partial charge in [0.25, 0.3) is 0 Å². The highest BCUT2D eigenvalue weighted by atomic mass is 15.2. The van der Waals surface area contributed by atoms with Gasteiger partial charge in [-0.1, -0.05) is 36.4 Å². The summed E-state index contributed by atoms with van der Waals surface area (Å²) in [6, 6.07) is 14.4. The van der Waals surface area contributed by atoms with E-state index in [0.29, 0.717) is 0 Å². The topological polar surface area (TPSA) is 30.2 Å². The van der Waals surface area contributed by atoms with Crippen molar-refractivity contribution in [3.05, 3.63) is 65.6 Å². The molecule has 0 amide bonds. The van der Waals surface area contributed by atoms with Crippen LogP contribution in [0.25, 0.3) is 5.65 Å². The fraction of sp³-hybridized carbons (Fsp3) is 0.143. The van der Waals surface area contributed by atoms with Crippen molar-refractivity contribution in [3.8, 4) is 0 Å². The Morgan fingerprint density at radius 2 is 1.82 bits per heavy atom. The lowest BCUT2D eigenvalue weighted by atomic mass is 10.1. The number of pyridine rings is 1. The first kappa shape index (κ1) is 10.0. The van der Waals surface area contributed by atoms with E-state index < -0.39 is 0 Å². The Bertz CT molecular complexity index is 641. The summed E-state index contributed by atoms with van der Waals surface area (Å²) in [7, 11) is 0. The molecule has 0 saturated carbocycles. The summed E-state index contributed by atoms with van der Waals surface area (Å²) in [5, 5.41) is 8.49. The first-order valence-corrected chi connectivity index (χ1v) is 5.68. The van der Waals surface area contributed by atoms with Crippen molar-refractivity contribution in [1.82, 2.24) is 14.6 Å². The monoisotopic (exact) mass is 223 g/mol. The molecule has 2 aromatic heterocycles. The first-order valence-electron chi connectivity index (χ1n) is 5.68. The van der Waals surface area contributed by atoms with Crippen LogP contribution >= 0.6 is 0 Å². The molecule has 0 N–H and O–H groups in total. The second-order valence-corrected chi connectivity index (χ2v) is 4.16. The van der Waals surface area contributed by atoms with E-state index in [1.807, 2.05) is 30.5 Å². The van der Waals surface area contributed by atoms with Crippen molar-refractivity contribution >= 4 is 5.65 Å². The number of fused-ring (bicyclic) bond motifs is 1. The molecule has 3 rings (SSSR count). The lowest BCUT2D eigenvalue weighted by Gasteiger charge is -2.01. The minimum absolute atomic E-state index is 0.811.